The molecule has 1 aliphatic heterocycles. The summed E-state index contributed by atoms with van der Waals surface area (Å²) >= 11 is 4.37. The van der Waals surface area contributed by atoms with E-state index in [4.69, 9.17) is 0 Å². The molecule has 0 aromatic rings. The van der Waals surface area contributed by atoms with Gasteiger partial charge in [0.25, 0.3) is 5.91 Å². The predicted octanol–water partition coefficient (Wildman–Crippen LogP) is 3.22. The first-order valence-electron chi connectivity index (χ1n) is 8.25. The zero-order valence-electron chi connectivity index (χ0n) is 13.2. The van der Waals surface area contributed by atoms with E-state index in [1.165, 1.54) is 11.3 Å². The summed E-state index contributed by atoms with van der Waals surface area (Å²) in [6.07, 6.45) is 7.21. The number of nitrogens with zero attached hydrogens (tertiary/aromatic N) is 1. The van der Waals surface area contributed by atoms with E-state index >= 15 is 0 Å². The van der Waals surface area contributed by atoms with Crippen LogP contribution in [0.2, 0.25) is 0 Å². The van der Waals surface area contributed by atoms with Crippen molar-refractivity contribution in [3.05, 3.63) is 0 Å². The third-order valence-corrected chi connectivity index (χ3v) is 5.52. The Morgan fingerprint density at radius 3 is 2.24 bits per heavy atom. The molecule has 1 heterocycles. The van der Waals surface area contributed by atoms with Crippen LogP contribution in [0, 0.1) is 11.8 Å². The van der Waals surface area contributed by atoms with Crippen LogP contribution in [0.3, 0.4) is 0 Å². The van der Waals surface area contributed by atoms with E-state index in [0.29, 0.717) is 18.2 Å². The van der Waals surface area contributed by atoms with Gasteiger partial charge in [-0.2, -0.15) is 12.6 Å². The molecule has 0 radical (unpaired) electrons. The Balaban J connectivity index is 2.11. The normalized spacial score (nSPS) is 24.1. The van der Waals surface area contributed by atoms with E-state index in [2.05, 4.69) is 31.8 Å². The molecule has 2 rings (SSSR count). The van der Waals surface area contributed by atoms with Crippen LogP contribution in [0.15, 0.2) is 0 Å². The van der Waals surface area contributed by atoms with E-state index in [1.54, 1.807) is 0 Å². The number of urea groups is 1. The molecular weight excluding hydrogens is 284 g/mol. The standard InChI is InChI=1S/C16H28N2O2S/c1-12(2)13(11-21)10-18-14(19)16(17-15(18)20)8-6-4-3-5-7-9-16/h12-13,21H,3-11H2,1-2H3,(H,17,20). The minimum absolute atomic E-state index is 0.00170. The van der Waals surface area contributed by atoms with Gasteiger partial charge in [-0.25, -0.2) is 4.79 Å². The summed E-state index contributed by atoms with van der Waals surface area (Å²) in [6.45, 7) is 4.73. The minimum Gasteiger partial charge on any atom is -0.323 e. The molecule has 21 heavy (non-hydrogen) atoms. The summed E-state index contributed by atoms with van der Waals surface area (Å²) in [5.41, 5.74) is -0.615. The van der Waals surface area contributed by atoms with Gasteiger partial charge in [-0.05, 0) is 30.4 Å². The number of thiol groups is 1. The molecule has 2 aliphatic rings. The van der Waals surface area contributed by atoms with Crippen LogP contribution in [-0.4, -0.2) is 34.7 Å². The number of hydrogen-bond donors (Lipinski definition) is 2. The Labute approximate surface area is 133 Å². The van der Waals surface area contributed by atoms with Crippen LogP contribution in [-0.2, 0) is 4.79 Å². The predicted molar refractivity (Wildman–Crippen MR) is 87.5 cm³/mol. The number of nitrogens with one attached hydrogen (secondary N) is 1. The maximum Gasteiger partial charge on any atom is 0.325 e. The fraction of sp³-hybridized carbons (Fsp3) is 0.875. The number of carbonyl (C=O) groups excluding carboxylic acids is 2. The molecule has 0 bridgehead atoms. The molecule has 120 valence electrons. The molecule has 0 aromatic heterocycles. The summed E-state index contributed by atoms with van der Waals surface area (Å²) in [7, 11) is 0. The molecule has 1 aliphatic carbocycles. The van der Waals surface area contributed by atoms with Crippen LogP contribution >= 0.6 is 12.6 Å². The number of amides is 3. The van der Waals surface area contributed by atoms with Crippen molar-refractivity contribution in [2.45, 2.75) is 64.3 Å². The van der Waals surface area contributed by atoms with Crippen molar-refractivity contribution in [3.8, 4) is 0 Å². The summed E-state index contributed by atoms with van der Waals surface area (Å²) in [5, 5.41) is 3.02. The highest BCUT2D eigenvalue weighted by Gasteiger charge is 2.50. The lowest BCUT2D eigenvalue weighted by atomic mass is 9.84. The van der Waals surface area contributed by atoms with Crippen LogP contribution < -0.4 is 5.32 Å². The fourth-order valence-corrected chi connectivity index (χ4v) is 3.94. The molecule has 4 nitrogen and oxygen atoms in total. The van der Waals surface area contributed by atoms with E-state index in [1.807, 2.05) is 0 Å². The van der Waals surface area contributed by atoms with Crippen molar-refractivity contribution in [2.24, 2.45) is 11.8 Å². The van der Waals surface area contributed by atoms with Gasteiger partial charge < -0.3 is 5.32 Å². The van der Waals surface area contributed by atoms with E-state index in [0.717, 1.165) is 38.5 Å². The second kappa shape index (κ2) is 7.03. The van der Waals surface area contributed by atoms with Crippen molar-refractivity contribution in [2.75, 3.05) is 12.3 Å². The van der Waals surface area contributed by atoms with E-state index in [-0.39, 0.29) is 17.9 Å². The van der Waals surface area contributed by atoms with E-state index in [9.17, 15) is 9.59 Å². The number of carbonyl (C=O) groups is 2. The minimum atomic E-state index is -0.615. The SMILES string of the molecule is CC(C)C(CS)CN1C(=O)NC2(CCCCCCC2)C1=O. The Kier molecular flexibility index (Phi) is 5.58. The molecule has 3 amide bonds. The second-order valence-electron chi connectivity index (χ2n) is 6.88. The van der Waals surface area contributed by atoms with Gasteiger partial charge in [0.2, 0.25) is 0 Å². The van der Waals surface area contributed by atoms with Crippen molar-refractivity contribution in [1.29, 1.82) is 0 Å². The number of rotatable bonds is 4. The monoisotopic (exact) mass is 312 g/mol. The fourth-order valence-electron chi connectivity index (χ4n) is 3.40. The highest BCUT2D eigenvalue weighted by atomic mass is 32.1. The molecule has 5 heteroatoms. The van der Waals surface area contributed by atoms with Crippen molar-refractivity contribution < 1.29 is 9.59 Å². The Bertz CT molecular complexity index is 390. The van der Waals surface area contributed by atoms with Gasteiger partial charge >= 0.3 is 6.03 Å². The summed E-state index contributed by atoms with van der Waals surface area (Å²) in [6, 6.07) is -0.201. The van der Waals surface area contributed by atoms with Crippen LogP contribution in [0.5, 0.6) is 0 Å². The lowest BCUT2D eigenvalue weighted by molar-refractivity contribution is -0.132. The van der Waals surface area contributed by atoms with Crippen LogP contribution in [0.4, 0.5) is 4.79 Å². The van der Waals surface area contributed by atoms with Gasteiger partial charge in [0, 0.05) is 6.54 Å². The van der Waals surface area contributed by atoms with Crippen molar-refractivity contribution in [3.63, 3.8) is 0 Å². The van der Waals surface area contributed by atoms with E-state index < -0.39 is 5.54 Å². The largest absolute Gasteiger partial charge is 0.325 e. The van der Waals surface area contributed by atoms with Crippen LogP contribution in [0.1, 0.15) is 58.8 Å². The van der Waals surface area contributed by atoms with Crippen LogP contribution in [0.25, 0.3) is 0 Å². The summed E-state index contributed by atoms with van der Waals surface area (Å²) in [4.78, 5) is 26.6. The molecule has 2 fully saturated rings. The average molecular weight is 312 g/mol. The lowest BCUT2D eigenvalue weighted by Crippen LogP contribution is -2.47. The lowest BCUT2D eigenvalue weighted by Gasteiger charge is -2.29. The Morgan fingerprint density at radius 1 is 1.14 bits per heavy atom. The van der Waals surface area contributed by atoms with Gasteiger partial charge in [-0.3, -0.25) is 9.69 Å². The van der Waals surface area contributed by atoms with Crippen molar-refractivity contribution >= 4 is 24.6 Å². The first-order chi connectivity index (χ1) is 10.00. The third-order valence-electron chi connectivity index (χ3n) is 5.05. The first-order valence-corrected chi connectivity index (χ1v) is 8.88. The molecule has 1 saturated carbocycles. The third kappa shape index (κ3) is 3.55. The molecule has 1 spiro atoms. The zero-order chi connectivity index (χ0) is 15.5. The average Bonchev–Trinajstić information content (AvgIpc) is 2.64. The molecular formula is C16H28N2O2S. The molecule has 1 N–H and O–H groups in total. The van der Waals surface area contributed by atoms with Crippen molar-refractivity contribution in [1.82, 2.24) is 10.2 Å². The number of imide groups is 1. The quantitative estimate of drug-likeness (QED) is 0.618. The first kappa shape index (κ1) is 16.7. The maximum absolute atomic E-state index is 12.8. The maximum atomic E-state index is 12.8. The molecule has 1 saturated heterocycles. The Morgan fingerprint density at radius 2 is 1.71 bits per heavy atom. The molecule has 1 atom stereocenters. The smallest absolute Gasteiger partial charge is 0.323 e. The Hall–Kier alpha value is -0.710. The zero-order valence-corrected chi connectivity index (χ0v) is 14.1. The van der Waals surface area contributed by atoms with Gasteiger partial charge in [0.05, 0.1) is 0 Å². The highest BCUT2D eigenvalue weighted by Crippen LogP contribution is 2.32. The number of hydrogen-bond acceptors (Lipinski definition) is 3. The topological polar surface area (TPSA) is 49.4 Å². The van der Waals surface area contributed by atoms with Gasteiger partial charge in [0.1, 0.15) is 5.54 Å². The molecule has 1 unspecified atom stereocenters. The second-order valence-corrected chi connectivity index (χ2v) is 7.25. The van der Waals surface area contributed by atoms with Gasteiger partial charge in [0.15, 0.2) is 0 Å². The van der Waals surface area contributed by atoms with Gasteiger partial charge in [-0.15, -0.1) is 0 Å². The summed E-state index contributed by atoms with van der Waals surface area (Å²) in [5.74, 6) is 1.37. The molecule has 0 aromatic carbocycles. The summed E-state index contributed by atoms with van der Waals surface area (Å²) < 4.78 is 0. The van der Waals surface area contributed by atoms with Gasteiger partial charge in [-0.1, -0.05) is 46.0 Å². The highest BCUT2D eigenvalue weighted by molar-refractivity contribution is 7.80.